The molecule has 1 aromatic carbocycles. The number of amides is 1. The molecule has 116 valence electrons. The number of hydrogen-bond donors (Lipinski definition) is 0. The van der Waals surface area contributed by atoms with Gasteiger partial charge in [-0.25, -0.2) is 0 Å². The lowest BCUT2D eigenvalue weighted by Gasteiger charge is -2.35. The van der Waals surface area contributed by atoms with Crippen LogP contribution in [0.15, 0.2) is 29.2 Å². The number of alkyl halides is 3. The molecule has 0 N–H and O–H groups in total. The number of carbonyl (C=O) groups excluding carboxylic acids is 1. The second kappa shape index (κ2) is 6.27. The molecule has 0 aromatic heterocycles. The number of hydrogen-bond acceptors (Lipinski definition) is 3. The number of morpholine rings is 1. The third kappa shape index (κ3) is 4.64. The summed E-state index contributed by atoms with van der Waals surface area (Å²) < 4.78 is 42.3. The third-order valence-corrected chi connectivity index (χ3v) is 3.78. The number of thioether (sulfide) groups is 1. The van der Waals surface area contributed by atoms with Crippen molar-refractivity contribution < 1.29 is 22.7 Å². The summed E-state index contributed by atoms with van der Waals surface area (Å²) >= 11 is -0.187. The monoisotopic (exact) mass is 319 g/mol. The van der Waals surface area contributed by atoms with Crippen LogP contribution in [0.3, 0.4) is 0 Å². The van der Waals surface area contributed by atoms with Crippen LogP contribution in [0.2, 0.25) is 0 Å². The van der Waals surface area contributed by atoms with Gasteiger partial charge in [0, 0.05) is 23.5 Å². The minimum Gasteiger partial charge on any atom is -0.372 e. The third-order valence-electron chi connectivity index (χ3n) is 3.04. The van der Waals surface area contributed by atoms with Gasteiger partial charge < -0.3 is 9.64 Å². The Morgan fingerprint density at radius 2 is 1.71 bits per heavy atom. The summed E-state index contributed by atoms with van der Waals surface area (Å²) in [5.74, 6) is -0.180. The van der Waals surface area contributed by atoms with Crippen LogP contribution >= 0.6 is 11.8 Å². The molecule has 1 aromatic rings. The van der Waals surface area contributed by atoms with Crippen LogP contribution in [0.5, 0.6) is 0 Å². The second-order valence-corrected chi connectivity index (χ2v) is 6.18. The Balaban J connectivity index is 2.06. The molecule has 3 nitrogen and oxygen atoms in total. The maximum Gasteiger partial charge on any atom is 0.446 e. The number of benzene rings is 1. The average Bonchev–Trinajstić information content (AvgIpc) is 2.35. The van der Waals surface area contributed by atoms with E-state index in [0.717, 1.165) is 0 Å². The van der Waals surface area contributed by atoms with E-state index in [-0.39, 0.29) is 34.8 Å². The molecule has 0 saturated carbocycles. The van der Waals surface area contributed by atoms with Crippen molar-refractivity contribution in [2.45, 2.75) is 36.5 Å². The summed E-state index contributed by atoms with van der Waals surface area (Å²) in [7, 11) is 0. The molecule has 0 bridgehead atoms. The first-order valence-electron chi connectivity index (χ1n) is 6.55. The first-order chi connectivity index (χ1) is 9.74. The summed E-state index contributed by atoms with van der Waals surface area (Å²) in [6.07, 6.45) is -0.0875. The second-order valence-electron chi connectivity index (χ2n) is 5.04. The predicted octanol–water partition coefficient (Wildman–Crippen LogP) is 3.55. The van der Waals surface area contributed by atoms with Gasteiger partial charge in [-0.05, 0) is 49.9 Å². The van der Waals surface area contributed by atoms with E-state index in [9.17, 15) is 18.0 Å². The Morgan fingerprint density at radius 3 is 2.19 bits per heavy atom. The van der Waals surface area contributed by atoms with Gasteiger partial charge in [0.25, 0.3) is 5.91 Å². The Bertz CT molecular complexity index is 494. The van der Waals surface area contributed by atoms with E-state index < -0.39 is 5.51 Å². The number of nitrogens with zero attached hydrogens (tertiary/aromatic N) is 1. The van der Waals surface area contributed by atoms with Gasteiger partial charge in [-0.1, -0.05) is 0 Å². The van der Waals surface area contributed by atoms with Crippen LogP contribution in [-0.2, 0) is 4.74 Å². The van der Waals surface area contributed by atoms with Crippen molar-refractivity contribution in [3.05, 3.63) is 29.8 Å². The molecule has 1 heterocycles. The van der Waals surface area contributed by atoms with E-state index in [0.29, 0.717) is 18.7 Å². The Morgan fingerprint density at radius 1 is 1.19 bits per heavy atom. The van der Waals surface area contributed by atoms with Gasteiger partial charge in [-0.3, -0.25) is 4.79 Å². The van der Waals surface area contributed by atoms with Crippen LogP contribution in [0.25, 0.3) is 0 Å². The van der Waals surface area contributed by atoms with Gasteiger partial charge in [-0.2, -0.15) is 13.2 Å². The molecule has 1 aliphatic heterocycles. The van der Waals surface area contributed by atoms with Crippen molar-refractivity contribution in [3.63, 3.8) is 0 Å². The van der Waals surface area contributed by atoms with Gasteiger partial charge in [0.2, 0.25) is 0 Å². The van der Waals surface area contributed by atoms with Crippen molar-refractivity contribution in [2.24, 2.45) is 0 Å². The summed E-state index contributed by atoms with van der Waals surface area (Å²) in [6, 6.07) is 5.50. The molecule has 0 spiro atoms. The molecule has 1 saturated heterocycles. The van der Waals surface area contributed by atoms with E-state index in [1.54, 1.807) is 4.90 Å². The van der Waals surface area contributed by atoms with Gasteiger partial charge in [0.05, 0.1) is 12.2 Å². The Kier molecular flexibility index (Phi) is 4.83. The lowest BCUT2D eigenvalue weighted by molar-refractivity contribution is -0.0586. The molecule has 1 aliphatic rings. The van der Waals surface area contributed by atoms with E-state index >= 15 is 0 Å². The molecule has 2 rings (SSSR count). The molecule has 1 fully saturated rings. The van der Waals surface area contributed by atoms with E-state index in [1.165, 1.54) is 24.3 Å². The minimum absolute atomic E-state index is 0.0437. The molecule has 21 heavy (non-hydrogen) atoms. The summed E-state index contributed by atoms with van der Waals surface area (Å²) in [5, 5.41) is 0. The van der Waals surface area contributed by atoms with Gasteiger partial charge in [0.15, 0.2) is 0 Å². The first kappa shape index (κ1) is 16.2. The van der Waals surface area contributed by atoms with Crippen molar-refractivity contribution in [2.75, 3.05) is 13.1 Å². The highest BCUT2D eigenvalue weighted by Gasteiger charge is 2.30. The molecular formula is C14H16F3NO2S. The van der Waals surface area contributed by atoms with Crippen molar-refractivity contribution in [3.8, 4) is 0 Å². The smallest absolute Gasteiger partial charge is 0.372 e. The van der Waals surface area contributed by atoms with Crippen molar-refractivity contribution in [1.82, 2.24) is 4.90 Å². The molecule has 7 heteroatoms. The molecule has 2 unspecified atom stereocenters. The maximum absolute atomic E-state index is 12.3. The summed E-state index contributed by atoms with van der Waals surface area (Å²) in [6.45, 7) is 4.75. The Labute approximate surface area is 125 Å². The van der Waals surface area contributed by atoms with E-state index in [1.807, 2.05) is 13.8 Å². The number of carbonyl (C=O) groups is 1. The van der Waals surface area contributed by atoms with Crippen molar-refractivity contribution in [1.29, 1.82) is 0 Å². The maximum atomic E-state index is 12.3. The van der Waals surface area contributed by atoms with E-state index in [4.69, 9.17) is 4.74 Å². The fourth-order valence-corrected chi connectivity index (χ4v) is 2.86. The van der Waals surface area contributed by atoms with Crippen molar-refractivity contribution >= 4 is 17.7 Å². The van der Waals surface area contributed by atoms with Crippen LogP contribution in [0, 0.1) is 0 Å². The van der Waals surface area contributed by atoms with Crippen LogP contribution in [0.1, 0.15) is 24.2 Å². The van der Waals surface area contributed by atoms with Crippen LogP contribution < -0.4 is 0 Å². The zero-order valence-electron chi connectivity index (χ0n) is 11.7. The fourth-order valence-electron chi connectivity index (χ4n) is 2.33. The molecule has 2 atom stereocenters. The van der Waals surface area contributed by atoms with E-state index in [2.05, 4.69) is 0 Å². The number of halogens is 3. The largest absolute Gasteiger partial charge is 0.446 e. The minimum atomic E-state index is -4.32. The number of rotatable bonds is 2. The zero-order chi connectivity index (χ0) is 15.6. The normalized spacial score (nSPS) is 23.2. The predicted molar refractivity (Wildman–Crippen MR) is 74.3 cm³/mol. The van der Waals surface area contributed by atoms with Gasteiger partial charge >= 0.3 is 5.51 Å². The quantitative estimate of drug-likeness (QED) is 0.781. The SMILES string of the molecule is CC1CN(C(=O)c2ccc(SC(F)(F)F)cc2)CC(C)O1. The molecule has 0 radical (unpaired) electrons. The fraction of sp³-hybridized carbons (Fsp3) is 0.500. The van der Waals surface area contributed by atoms with Crippen LogP contribution in [-0.4, -0.2) is 41.6 Å². The van der Waals surface area contributed by atoms with Crippen LogP contribution in [0.4, 0.5) is 13.2 Å². The molecular weight excluding hydrogens is 303 g/mol. The lowest BCUT2D eigenvalue weighted by atomic mass is 10.1. The average molecular weight is 319 g/mol. The lowest BCUT2D eigenvalue weighted by Crippen LogP contribution is -2.48. The zero-order valence-corrected chi connectivity index (χ0v) is 12.5. The standard InChI is InChI=1S/C14H16F3NO2S/c1-9-7-18(8-10(2)20-9)13(19)11-3-5-12(6-4-11)21-14(15,16)17/h3-6,9-10H,7-8H2,1-2H3. The first-order valence-corrected chi connectivity index (χ1v) is 7.37. The highest BCUT2D eigenvalue weighted by atomic mass is 32.2. The highest BCUT2D eigenvalue weighted by Crippen LogP contribution is 2.36. The highest BCUT2D eigenvalue weighted by molar-refractivity contribution is 8.00. The summed E-state index contributed by atoms with van der Waals surface area (Å²) in [5.41, 5.74) is -3.93. The number of ether oxygens (including phenoxy) is 1. The Hall–Kier alpha value is -1.21. The molecule has 0 aliphatic carbocycles. The summed E-state index contributed by atoms with van der Waals surface area (Å²) in [4.78, 5) is 14.1. The van der Waals surface area contributed by atoms with Gasteiger partial charge in [0.1, 0.15) is 0 Å². The van der Waals surface area contributed by atoms with Gasteiger partial charge in [-0.15, -0.1) is 0 Å². The topological polar surface area (TPSA) is 29.5 Å². The molecule has 1 amide bonds.